The van der Waals surface area contributed by atoms with Crippen LogP contribution < -0.4 is 0 Å². The van der Waals surface area contributed by atoms with Gasteiger partial charge in [0.15, 0.2) is 0 Å². The first-order chi connectivity index (χ1) is 10.4. The summed E-state index contributed by atoms with van der Waals surface area (Å²) >= 11 is 0. The summed E-state index contributed by atoms with van der Waals surface area (Å²) in [6.07, 6.45) is 1.67. The average molecular weight is 334 g/mol. The largest absolute Gasteiger partial charge is 0.500 e. The molecule has 0 aliphatic heterocycles. The Bertz CT molecular complexity index is 358. The van der Waals surface area contributed by atoms with Crippen molar-refractivity contribution < 1.29 is 32.3 Å². The van der Waals surface area contributed by atoms with Gasteiger partial charge >= 0.3 is 20.7 Å². The van der Waals surface area contributed by atoms with E-state index in [1.807, 2.05) is 0 Å². The smallest absolute Gasteiger partial charge is 0.462 e. The molecular formula is C14H26O7Si. The van der Waals surface area contributed by atoms with Crippen LogP contribution in [0.25, 0.3) is 0 Å². The Hall–Kier alpha value is -1.22. The van der Waals surface area contributed by atoms with Gasteiger partial charge in [0.25, 0.3) is 0 Å². The molecular weight excluding hydrogens is 308 g/mol. The highest BCUT2D eigenvalue weighted by Crippen LogP contribution is 2.17. The summed E-state index contributed by atoms with van der Waals surface area (Å²) in [7, 11) is 2.10. The van der Waals surface area contributed by atoms with Gasteiger partial charge in [-0.15, -0.1) is 0 Å². The molecule has 0 saturated heterocycles. The van der Waals surface area contributed by atoms with Crippen LogP contribution in [0.1, 0.15) is 26.2 Å². The molecule has 0 rings (SSSR count). The average Bonchev–Trinajstić information content (AvgIpc) is 2.52. The minimum atomic E-state index is -2.56. The maximum atomic E-state index is 11.5. The molecule has 0 N–H and O–H groups in total. The van der Waals surface area contributed by atoms with E-state index in [2.05, 4.69) is 6.58 Å². The zero-order valence-corrected chi connectivity index (χ0v) is 14.8. The molecule has 128 valence electrons. The summed E-state index contributed by atoms with van der Waals surface area (Å²) in [4.78, 5) is 22.6. The summed E-state index contributed by atoms with van der Waals surface area (Å²) in [5.74, 6) is -0.818. The second kappa shape index (κ2) is 11.4. The van der Waals surface area contributed by atoms with Crippen molar-refractivity contribution in [1.82, 2.24) is 0 Å². The third kappa shape index (κ3) is 8.28. The lowest BCUT2D eigenvalue weighted by molar-refractivity contribution is -0.150. The highest BCUT2D eigenvalue weighted by Gasteiger charge is 2.36. The maximum Gasteiger partial charge on any atom is 0.500 e. The Morgan fingerprint density at radius 2 is 1.50 bits per heavy atom. The van der Waals surface area contributed by atoms with Crippen LogP contribution in [0.2, 0.25) is 6.04 Å². The molecule has 0 radical (unpaired) electrons. The molecule has 0 aliphatic carbocycles. The van der Waals surface area contributed by atoms with Gasteiger partial charge in [0.05, 0.1) is 0 Å². The Labute approximate surface area is 132 Å². The van der Waals surface area contributed by atoms with Gasteiger partial charge in [0.2, 0.25) is 0 Å². The first kappa shape index (κ1) is 20.8. The topological polar surface area (TPSA) is 80.3 Å². The van der Waals surface area contributed by atoms with Gasteiger partial charge in [0.1, 0.15) is 13.2 Å². The predicted octanol–water partition coefficient (Wildman–Crippen LogP) is 1.70. The zero-order valence-electron chi connectivity index (χ0n) is 13.8. The number of ether oxygens (including phenoxy) is 2. The van der Waals surface area contributed by atoms with Crippen LogP contribution in [0.5, 0.6) is 0 Å². The fraction of sp³-hybridized carbons (Fsp3) is 0.714. The summed E-state index contributed by atoms with van der Waals surface area (Å²) in [5, 5.41) is 0. The van der Waals surface area contributed by atoms with Crippen molar-refractivity contribution in [3.63, 3.8) is 0 Å². The van der Waals surface area contributed by atoms with E-state index in [0.29, 0.717) is 18.0 Å². The van der Waals surface area contributed by atoms with E-state index in [9.17, 15) is 9.59 Å². The molecule has 0 bridgehead atoms. The van der Waals surface area contributed by atoms with E-state index in [0.717, 1.165) is 6.42 Å². The molecule has 0 unspecified atom stereocenters. The number of esters is 2. The van der Waals surface area contributed by atoms with Crippen LogP contribution in [0, 0.1) is 0 Å². The van der Waals surface area contributed by atoms with Gasteiger partial charge in [0, 0.05) is 39.4 Å². The Morgan fingerprint density at radius 3 is 2.00 bits per heavy atom. The molecule has 0 aromatic rings. The van der Waals surface area contributed by atoms with Crippen molar-refractivity contribution in [3.05, 3.63) is 12.2 Å². The van der Waals surface area contributed by atoms with E-state index in [1.165, 1.54) is 0 Å². The summed E-state index contributed by atoms with van der Waals surface area (Å²) in [6.45, 7) is 5.08. The number of hydrogen-bond acceptors (Lipinski definition) is 7. The fourth-order valence-corrected chi connectivity index (χ4v) is 3.45. The van der Waals surface area contributed by atoms with Crippen molar-refractivity contribution in [3.8, 4) is 0 Å². The summed E-state index contributed by atoms with van der Waals surface area (Å²) in [5.41, 5.74) is 0.313. The third-order valence-electron chi connectivity index (χ3n) is 2.97. The first-order valence-electron chi connectivity index (χ1n) is 7.04. The van der Waals surface area contributed by atoms with Crippen molar-refractivity contribution in [2.75, 3.05) is 34.5 Å². The second-order valence-corrected chi connectivity index (χ2v) is 7.73. The molecule has 0 aliphatic rings. The van der Waals surface area contributed by atoms with Gasteiger partial charge < -0.3 is 22.8 Å². The fourth-order valence-electron chi connectivity index (χ4n) is 1.65. The molecule has 8 heteroatoms. The Balaban J connectivity index is 3.74. The number of rotatable bonds is 12. The van der Waals surface area contributed by atoms with Crippen LogP contribution in [0.4, 0.5) is 0 Å². The zero-order chi connectivity index (χ0) is 17.0. The lowest BCUT2D eigenvalue weighted by Crippen LogP contribution is -2.42. The van der Waals surface area contributed by atoms with E-state index < -0.39 is 14.8 Å². The van der Waals surface area contributed by atoms with Crippen molar-refractivity contribution >= 4 is 20.7 Å². The molecule has 0 heterocycles. The second-order valence-electron chi connectivity index (χ2n) is 4.64. The molecule has 0 aromatic carbocycles. The van der Waals surface area contributed by atoms with E-state index in [1.54, 1.807) is 28.3 Å². The van der Waals surface area contributed by atoms with E-state index in [4.69, 9.17) is 22.8 Å². The van der Waals surface area contributed by atoms with Gasteiger partial charge in [-0.25, -0.2) is 4.79 Å². The molecule has 0 spiro atoms. The van der Waals surface area contributed by atoms with Crippen LogP contribution >= 0.6 is 0 Å². The molecule has 0 fully saturated rings. The quantitative estimate of drug-likeness (QED) is 0.232. The monoisotopic (exact) mass is 334 g/mol. The first-order valence-corrected chi connectivity index (χ1v) is 8.97. The van der Waals surface area contributed by atoms with E-state index in [-0.39, 0.29) is 25.6 Å². The third-order valence-corrected chi connectivity index (χ3v) is 5.81. The Morgan fingerprint density at radius 1 is 0.955 bits per heavy atom. The highest BCUT2D eigenvalue weighted by atomic mass is 28.4. The van der Waals surface area contributed by atoms with Gasteiger partial charge in [-0.2, -0.15) is 0 Å². The van der Waals surface area contributed by atoms with Crippen LogP contribution in [-0.2, 0) is 32.3 Å². The number of carbonyl (C=O) groups excluding carboxylic acids is 2. The van der Waals surface area contributed by atoms with Gasteiger partial charge in [-0.3, -0.25) is 4.79 Å². The van der Waals surface area contributed by atoms with Crippen LogP contribution in [0.3, 0.4) is 0 Å². The van der Waals surface area contributed by atoms with Crippen molar-refractivity contribution in [1.29, 1.82) is 0 Å². The SMILES string of the molecule is C=C(C)C(=O)OCCOC(=O)CCCC[Si](OC)(OC)OC. The van der Waals surface area contributed by atoms with Crippen molar-refractivity contribution in [2.24, 2.45) is 0 Å². The lowest BCUT2D eigenvalue weighted by atomic mass is 10.2. The van der Waals surface area contributed by atoms with E-state index >= 15 is 0 Å². The minimum absolute atomic E-state index is 0.0322. The number of unbranched alkanes of at least 4 members (excludes halogenated alkanes) is 1. The van der Waals surface area contributed by atoms with Crippen LogP contribution in [0.15, 0.2) is 12.2 Å². The normalized spacial score (nSPS) is 11.1. The minimum Gasteiger partial charge on any atom is -0.462 e. The predicted molar refractivity (Wildman–Crippen MR) is 82.2 cm³/mol. The molecule has 0 amide bonds. The van der Waals surface area contributed by atoms with Crippen molar-refractivity contribution in [2.45, 2.75) is 32.2 Å². The van der Waals surface area contributed by atoms with Gasteiger partial charge in [-0.05, 0) is 19.8 Å². The molecule has 7 nitrogen and oxygen atoms in total. The van der Waals surface area contributed by atoms with Crippen LogP contribution in [-0.4, -0.2) is 55.3 Å². The summed E-state index contributed by atoms with van der Waals surface area (Å²) < 4.78 is 25.6. The maximum absolute atomic E-state index is 11.5. The van der Waals surface area contributed by atoms with Gasteiger partial charge in [-0.1, -0.05) is 6.58 Å². The standard InChI is InChI=1S/C14H26O7Si/c1-12(2)14(16)21-10-9-20-13(15)8-6-7-11-22(17-3,18-4)19-5/h1,6-11H2,2-5H3. The molecule has 22 heavy (non-hydrogen) atoms. The lowest BCUT2D eigenvalue weighted by Gasteiger charge is -2.24. The Kier molecular flexibility index (Phi) is 10.7. The number of carbonyl (C=O) groups is 2. The summed E-state index contributed by atoms with van der Waals surface area (Å²) in [6, 6.07) is 0.639. The molecule has 0 saturated carbocycles. The number of hydrogen-bond donors (Lipinski definition) is 0. The molecule has 0 atom stereocenters. The molecule has 0 aromatic heterocycles. The highest BCUT2D eigenvalue weighted by molar-refractivity contribution is 6.60.